The highest BCUT2D eigenvalue weighted by atomic mass is 35.5. The summed E-state index contributed by atoms with van der Waals surface area (Å²) >= 11 is 7.39. The third kappa shape index (κ3) is 5.02. The molecule has 0 unspecified atom stereocenters. The van der Waals surface area contributed by atoms with Gasteiger partial charge in [0.25, 0.3) is 0 Å². The average Bonchev–Trinajstić information content (AvgIpc) is 3.19. The van der Waals surface area contributed by atoms with Gasteiger partial charge in [0.05, 0.1) is 16.7 Å². The maximum atomic E-state index is 13.0. The second-order valence-corrected chi connectivity index (χ2v) is 14.4. The summed E-state index contributed by atoms with van der Waals surface area (Å²) in [5.41, 5.74) is 0.767. The van der Waals surface area contributed by atoms with E-state index in [1.54, 1.807) is 30.2 Å². The van der Waals surface area contributed by atoms with Gasteiger partial charge in [-0.25, -0.2) is 13.4 Å². The Balaban J connectivity index is 1.57. The van der Waals surface area contributed by atoms with Gasteiger partial charge in [-0.1, -0.05) is 38.4 Å². The first-order valence-electron chi connectivity index (χ1n) is 12.4. The molecule has 2 aliphatic rings. The molecule has 2 aromatic rings. The van der Waals surface area contributed by atoms with Crippen LogP contribution in [0, 0.1) is 23.2 Å². The third-order valence-corrected chi connectivity index (χ3v) is 11.4. The number of aliphatic hydroxyl groups is 1. The van der Waals surface area contributed by atoms with Crippen molar-refractivity contribution in [3.63, 3.8) is 0 Å². The highest BCUT2D eigenvalue weighted by Gasteiger charge is 2.54. The van der Waals surface area contributed by atoms with E-state index in [-0.39, 0.29) is 45.6 Å². The molecule has 6 atom stereocenters. The summed E-state index contributed by atoms with van der Waals surface area (Å²) in [5, 5.41) is 12.7. The summed E-state index contributed by atoms with van der Waals surface area (Å²) in [6.45, 7) is 10.4. The Morgan fingerprint density at radius 1 is 1.39 bits per heavy atom. The molecule has 0 radical (unpaired) electrons. The minimum Gasteiger partial charge on any atom is -0.392 e. The van der Waals surface area contributed by atoms with Gasteiger partial charge in [-0.3, -0.25) is 4.79 Å². The van der Waals surface area contributed by atoms with Crippen LogP contribution in [0.4, 0.5) is 0 Å². The number of thiazole rings is 1. The van der Waals surface area contributed by atoms with Gasteiger partial charge in [-0.2, -0.15) is 0 Å². The number of hydrogen-bond donors (Lipinski definition) is 1. The van der Waals surface area contributed by atoms with Gasteiger partial charge in [0.1, 0.15) is 10.8 Å². The number of carbonyl (C=O) groups excluding carboxylic acids is 1. The highest BCUT2D eigenvalue weighted by molar-refractivity contribution is 7.90. The molecule has 1 saturated carbocycles. The largest absolute Gasteiger partial charge is 0.392 e. The monoisotopic (exact) mass is 550 g/mol. The maximum Gasteiger partial charge on any atom is 0.225 e. The number of nitrogens with zero attached hydrogens (tertiary/aromatic N) is 2. The second-order valence-electron chi connectivity index (χ2n) is 10.8. The molecule has 1 fully saturated rings. The number of hydrogen-bond acceptors (Lipinski definition) is 6. The van der Waals surface area contributed by atoms with Gasteiger partial charge < -0.3 is 10.0 Å². The van der Waals surface area contributed by atoms with Gasteiger partial charge in [-0.15, -0.1) is 17.9 Å². The van der Waals surface area contributed by atoms with E-state index in [0.29, 0.717) is 16.6 Å². The van der Waals surface area contributed by atoms with Crippen molar-refractivity contribution in [3.05, 3.63) is 57.5 Å². The highest BCUT2D eigenvalue weighted by Crippen LogP contribution is 2.57. The molecular formula is C27H35ClN2O4S2. The Kier molecular flexibility index (Phi) is 7.73. The van der Waals surface area contributed by atoms with Crippen LogP contribution in [0.5, 0.6) is 0 Å². The third-order valence-electron chi connectivity index (χ3n) is 8.26. The molecule has 1 amide bonds. The quantitative estimate of drug-likeness (QED) is 0.484. The van der Waals surface area contributed by atoms with E-state index < -0.39 is 15.9 Å². The molecule has 1 heterocycles. The molecule has 36 heavy (non-hydrogen) atoms. The molecular weight excluding hydrogens is 516 g/mol. The summed E-state index contributed by atoms with van der Waals surface area (Å²) < 4.78 is 26.0. The lowest BCUT2D eigenvalue weighted by Crippen LogP contribution is -2.53. The van der Waals surface area contributed by atoms with Crippen molar-refractivity contribution in [2.75, 3.05) is 13.6 Å². The molecule has 1 aromatic heterocycles. The number of rotatable bonds is 7. The molecule has 0 aliphatic heterocycles. The van der Waals surface area contributed by atoms with E-state index in [1.165, 1.54) is 23.5 Å². The number of amides is 1. The van der Waals surface area contributed by atoms with Crippen molar-refractivity contribution in [3.8, 4) is 0 Å². The first-order valence-corrected chi connectivity index (χ1v) is 15.2. The van der Waals surface area contributed by atoms with Crippen LogP contribution >= 0.6 is 22.9 Å². The summed E-state index contributed by atoms with van der Waals surface area (Å²) in [6.07, 6.45) is 3.52. The van der Waals surface area contributed by atoms with Gasteiger partial charge in [0, 0.05) is 35.3 Å². The number of aliphatic hydroxyl groups excluding tert-OH is 1. The molecule has 0 spiro atoms. The minimum absolute atomic E-state index is 0.0232. The first-order chi connectivity index (χ1) is 16.9. The molecule has 6 nitrogen and oxygen atoms in total. The van der Waals surface area contributed by atoms with Crippen LogP contribution in [0.2, 0.25) is 5.02 Å². The Morgan fingerprint density at radius 3 is 2.69 bits per heavy atom. The molecule has 1 aromatic carbocycles. The van der Waals surface area contributed by atoms with Crippen molar-refractivity contribution in [2.45, 2.75) is 62.7 Å². The lowest BCUT2D eigenvalue weighted by Gasteiger charge is -2.53. The van der Waals surface area contributed by atoms with E-state index in [0.717, 1.165) is 29.8 Å². The Hall–Kier alpha value is -1.74. The van der Waals surface area contributed by atoms with E-state index in [1.807, 2.05) is 6.92 Å². The topological polar surface area (TPSA) is 87.6 Å². The van der Waals surface area contributed by atoms with Crippen molar-refractivity contribution < 1.29 is 18.3 Å². The molecule has 4 rings (SSSR count). The van der Waals surface area contributed by atoms with Crippen LogP contribution in [0.15, 0.2) is 41.8 Å². The zero-order valence-electron chi connectivity index (χ0n) is 21.3. The van der Waals surface area contributed by atoms with Crippen molar-refractivity contribution in [1.82, 2.24) is 9.88 Å². The zero-order chi connectivity index (χ0) is 26.4. The maximum absolute atomic E-state index is 13.0. The van der Waals surface area contributed by atoms with Crippen LogP contribution in [0.1, 0.15) is 55.1 Å². The fourth-order valence-corrected chi connectivity index (χ4v) is 9.46. The van der Waals surface area contributed by atoms with Crippen molar-refractivity contribution in [1.29, 1.82) is 0 Å². The number of carbonyl (C=O) groups is 1. The number of halogens is 1. The molecule has 0 saturated heterocycles. The average molecular weight is 551 g/mol. The number of aromatic nitrogens is 1. The molecule has 0 bridgehead atoms. The predicted molar refractivity (Wildman–Crippen MR) is 144 cm³/mol. The lowest BCUT2D eigenvalue weighted by molar-refractivity contribution is -0.143. The number of sulfone groups is 1. The smallest absolute Gasteiger partial charge is 0.225 e. The van der Waals surface area contributed by atoms with Gasteiger partial charge in [0.2, 0.25) is 5.91 Å². The summed E-state index contributed by atoms with van der Waals surface area (Å²) in [7, 11) is -1.78. The fourth-order valence-electron chi connectivity index (χ4n) is 6.36. The SMILES string of the molecule is C=CCN(C)C(=O)[C@@H](C)[C@H]1CC[C@@]2(C)Cc3sc(CS(=O)(=O)c4ccc(Cl)cc4)nc3[C@@H](C)[C@@H]2[C@H]1O. The fraction of sp³-hybridized carbons (Fsp3) is 0.556. The summed E-state index contributed by atoms with van der Waals surface area (Å²) in [5.74, 6) is -0.643. The van der Waals surface area contributed by atoms with Crippen molar-refractivity contribution >= 4 is 38.7 Å². The van der Waals surface area contributed by atoms with Crippen LogP contribution in [0.25, 0.3) is 0 Å². The first kappa shape index (κ1) is 27.3. The predicted octanol–water partition coefficient (Wildman–Crippen LogP) is 5.10. The van der Waals surface area contributed by atoms with Gasteiger partial charge in [0.15, 0.2) is 9.84 Å². The standard InChI is InChI=1S/C27H35ClN2O4S2/c1-6-13-30(5)26(32)16(2)20-11-12-27(4)14-21-24(17(3)23(27)25(20)31)29-22(35-21)15-36(33,34)19-9-7-18(28)8-10-19/h6-10,16-17,20,23,25,31H,1,11-15H2,2-5H3/t16-,17-,20+,23+,25-,27-/m0/s1. The Morgan fingerprint density at radius 2 is 2.06 bits per heavy atom. The number of likely N-dealkylation sites (N-methyl/N-ethyl adjacent to an activating group) is 1. The molecule has 2 aliphatic carbocycles. The van der Waals surface area contributed by atoms with Crippen LogP contribution < -0.4 is 0 Å². The van der Waals surface area contributed by atoms with Crippen LogP contribution in [-0.2, 0) is 26.8 Å². The van der Waals surface area contributed by atoms with E-state index >= 15 is 0 Å². The zero-order valence-corrected chi connectivity index (χ0v) is 23.7. The summed E-state index contributed by atoms with van der Waals surface area (Å²) in [6, 6.07) is 6.20. The molecule has 1 N–H and O–H groups in total. The summed E-state index contributed by atoms with van der Waals surface area (Å²) in [4.78, 5) is 20.8. The van der Waals surface area contributed by atoms with E-state index in [4.69, 9.17) is 16.6 Å². The van der Waals surface area contributed by atoms with Gasteiger partial charge >= 0.3 is 0 Å². The molecule has 9 heteroatoms. The van der Waals surface area contributed by atoms with Crippen LogP contribution in [0.3, 0.4) is 0 Å². The van der Waals surface area contributed by atoms with E-state index in [2.05, 4.69) is 20.4 Å². The Labute approximate surface area is 223 Å². The molecule has 196 valence electrons. The number of fused-ring (bicyclic) bond motifs is 2. The van der Waals surface area contributed by atoms with Crippen molar-refractivity contribution in [2.24, 2.45) is 23.2 Å². The minimum atomic E-state index is -3.55. The number of benzene rings is 1. The second kappa shape index (κ2) is 10.2. The normalized spacial score (nSPS) is 28.6. The Bertz CT molecular complexity index is 1240. The van der Waals surface area contributed by atoms with Crippen LogP contribution in [-0.4, -0.2) is 49.0 Å². The van der Waals surface area contributed by atoms with E-state index in [9.17, 15) is 18.3 Å². The van der Waals surface area contributed by atoms with Gasteiger partial charge in [-0.05, 0) is 60.8 Å². The lowest BCUT2D eigenvalue weighted by atomic mass is 9.53.